The van der Waals surface area contributed by atoms with E-state index >= 15 is 0 Å². The van der Waals surface area contributed by atoms with Crippen molar-refractivity contribution in [1.82, 2.24) is 4.98 Å². The molecule has 88 valence electrons. The second kappa shape index (κ2) is 6.40. The number of hydrogen-bond acceptors (Lipinski definition) is 4. The van der Waals surface area contributed by atoms with Gasteiger partial charge in [-0.25, -0.2) is 4.79 Å². The number of carboxylic acids is 1. The Morgan fingerprint density at radius 3 is 2.75 bits per heavy atom. The van der Waals surface area contributed by atoms with Crippen molar-refractivity contribution in [3.05, 3.63) is 29.1 Å². The lowest BCUT2D eigenvalue weighted by molar-refractivity contribution is -0.131. The number of carboxylic acid groups (broad SMARTS) is 1. The lowest BCUT2D eigenvalue weighted by Crippen LogP contribution is -1.93. The largest absolute Gasteiger partial charge is 0.506 e. The number of aryl methyl sites for hydroxylation is 1. The van der Waals surface area contributed by atoms with Gasteiger partial charge in [0.05, 0.1) is 5.69 Å². The number of halogens is 1. The molecule has 0 saturated heterocycles. The predicted molar refractivity (Wildman–Crippen MR) is 67.2 cm³/mol. The van der Waals surface area contributed by atoms with E-state index in [1.54, 1.807) is 6.92 Å². The molecule has 0 aliphatic rings. The van der Waals surface area contributed by atoms with Gasteiger partial charge < -0.3 is 10.2 Å². The highest BCUT2D eigenvalue weighted by atomic mass is 35.5. The second-order valence-electron chi connectivity index (χ2n) is 2.96. The van der Waals surface area contributed by atoms with Crippen LogP contribution in [0.25, 0.3) is 6.08 Å². The molecule has 0 aliphatic carbocycles. The van der Waals surface area contributed by atoms with Crippen molar-refractivity contribution in [2.75, 3.05) is 0 Å². The van der Waals surface area contributed by atoms with Crippen LogP contribution in [0.15, 0.2) is 12.3 Å². The maximum absolute atomic E-state index is 10.3. The Balaban J connectivity index is 0.00000225. The van der Waals surface area contributed by atoms with Crippen LogP contribution in [-0.4, -0.2) is 21.2 Å². The summed E-state index contributed by atoms with van der Waals surface area (Å²) in [6, 6.07) is 0. The van der Waals surface area contributed by atoms with Crippen molar-refractivity contribution in [3.8, 4) is 5.75 Å². The number of rotatable bonds is 3. The number of hydrogen-bond donors (Lipinski definition) is 3. The molecule has 6 heteroatoms. The van der Waals surface area contributed by atoms with Crippen molar-refractivity contribution < 1.29 is 15.0 Å². The van der Waals surface area contributed by atoms with Gasteiger partial charge in [-0.1, -0.05) is 0 Å². The average molecular weight is 262 g/mol. The minimum Gasteiger partial charge on any atom is -0.506 e. The normalized spacial score (nSPS) is 10.1. The zero-order valence-electron chi connectivity index (χ0n) is 8.54. The Morgan fingerprint density at radius 2 is 2.25 bits per heavy atom. The van der Waals surface area contributed by atoms with Crippen LogP contribution in [-0.2, 0) is 10.5 Å². The summed E-state index contributed by atoms with van der Waals surface area (Å²) in [6.45, 7) is 1.67. The van der Waals surface area contributed by atoms with Crippen LogP contribution in [0.4, 0.5) is 0 Å². The Labute approximate surface area is 105 Å². The number of carbonyl (C=O) groups is 1. The molecule has 1 heterocycles. The number of aliphatic carboxylic acids is 1. The number of pyridine rings is 1. The smallest absolute Gasteiger partial charge is 0.328 e. The monoisotopic (exact) mass is 261 g/mol. The summed E-state index contributed by atoms with van der Waals surface area (Å²) >= 11 is 4.07. The SMILES string of the molecule is Cc1ncc(C=CC(=O)O)c(CS)c1O.Cl. The molecule has 0 fully saturated rings. The van der Waals surface area contributed by atoms with Gasteiger partial charge in [-0.2, -0.15) is 12.6 Å². The lowest BCUT2D eigenvalue weighted by atomic mass is 10.1. The summed E-state index contributed by atoms with van der Waals surface area (Å²) in [7, 11) is 0. The van der Waals surface area contributed by atoms with Gasteiger partial charge in [0, 0.05) is 29.2 Å². The molecule has 0 spiro atoms. The van der Waals surface area contributed by atoms with Crippen molar-refractivity contribution in [2.45, 2.75) is 12.7 Å². The maximum Gasteiger partial charge on any atom is 0.328 e. The van der Waals surface area contributed by atoms with E-state index in [1.807, 2.05) is 0 Å². The van der Waals surface area contributed by atoms with E-state index in [0.717, 1.165) is 6.08 Å². The van der Waals surface area contributed by atoms with Gasteiger partial charge in [0.2, 0.25) is 0 Å². The molecule has 0 atom stereocenters. The fourth-order valence-corrected chi connectivity index (χ4v) is 1.46. The Morgan fingerprint density at radius 1 is 1.62 bits per heavy atom. The molecule has 2 N–H and O–H groups in total. The first kappa shape index (κ1) is 14.8. The standard InChI is InChI=1S/C10H11NO3S.ClH/c1-6-10(14)8(5-15)7(4-11-6)2-3-9(12)13;/h2-4,14-15H,5H2,1H3,(H,12,13);1H. The van der Waals surface area contributed by atoms with Crippen molar-refractivity contribution >= 4 is 37.1 Å². The van der Waals surface area contributed by atoms with E-state index in [1.165, 1.54) is 12.3 Å². The molecule has 0 bridgehead atoms. The second-order valence-corrected chi connectivity index (χ2v) is 3.27. The van der Waals surface area contributed by atoms with Crippen LogP contribution < -0.4 is 0 Å². The highest BCUT2D eigenvalue weighted by Crippen LogP contribution is 2.25. The highest BCUT2D eigenvalue weighted by Gasteiger charge is 2.08. The molecule has 0 unspecified atom stereocenters. The van der Waals surface area contributed by atoms with E-state index in [0.29, 0.717) is 22.6 Å². The van der Waals surface area contributed by atoms with Crippen molar-refractivity contribution in [1.29, 1.82) is 0 Å². The molecule has 0 aliphatic heterocycles. The molecule has 0 aromatic carbocycles. The summed E-state index contributed by atoms with van der Waals surface area (Å²) in [5.74, 6) is -0.646. The van der Waals surface area contributed by atoms with Crippen molar-refractivity contribution in [3.63, 3.8) is 0 Å². The third kappa shape index (κ3) is 3.43. The van der Waals surface area contributed by atoms with Crippen LogP contribution >= 0.6 is 25.0 Å². The summed E-state index contributed by atoms with van der Waals surface area (Å²) in [5, 5.41) is 18.1. The van der Waals surface area contributed by atoms with Gasteiger partial charge >= 0.3 is 5.97 Å². The Kier molecular flexibility index (Phi) is 5.92. The van der Waals surface area contributed by atoms with E-state index in [-0.39, 0.29) is 18.2 Å². The van der Waals surface area contributed by atoms with Crippen LogP contribution in [0.2, 0.25) is 0 Å². The third-order valence-corrected chi connectivity index (χ3v) is 2.25. The molecular formula is C10H12ClNO3S. The first-order valence-electron chi connectivity index (χ1n) is 4.25. The minimum absolute atomic E-state index is 0. The topological polar surface area (TPSA) is 70.4 Å². The quantitative estimate of drug-likeness (QED) is 0.575. The first-order chi connectivity index (χ1) is 7.06. The number of nitrogens with zero attached hydrogens (tertiary/aromatic N) is 1. The molecule has 0 amide bonds. The zero-order valence-corrected chi connectivity index (χ0v) is 10.3. The summed E-state index contributed by atoms with van der Waals surface area (Å²) < 4.78 is 0. The Bertz CT molecular complexity index is 421. The van der Waals surface area contributed by atoms with E-state index < -0.39 is 5.97 Å². The van der Waals surface area contributed by atoms with E-state index in [4.69, 9.17) is 5.11 Å². The van der Waals surface area contributed by atoms with Crippen LogP contribution in [0.3, 0.4) is 0 Å². The molecule has 1 aromatic heterocycles. The fraction of sp³-hybridized carbons (Fsp3) is 0.200. The van der Waals surface area contributed by atoms with Crippen molar-refractivity contribution in [2.24, 2.45) is 0 Å². The molecule has 4 nitrogen and oxygen atoms in total. The summed E-state index contributed by atoms with van der Waals surface area (Å²) in [5.41, 5.74) is 1.66. The number of aromatic nitrogens is 1. The molecule has 1 aromatic rings. The van der Waals surface area contributed by atoms with Crippen LogP contribution in [0, 0.1) is 6.92 Å². The number of thiol groups is 1. The van der Waals surface area contributed by atoms with E-state index in [9.17, 15) is 9.90 Å². The third-order valence-electron chi connectivity index (χ3n) is 1.94. The first-order valence-corrected chi connectivity index (χ1v) is 4.88. The number of aromatic hydroxyl groups is 1. The molecule has 0 radical (unpaired) electrons. The minimum atomic E-state index is -1.04. The molecule has 16 heavy (non-hydrogen) atoms. The van der Waals surface area contributed by atoms with Gasteiger partial charge in [-0.3, -0.25) is 4.98 Å². The average Bonchev–Trinajstić information content (AvgIpc) is 2.19. The van der Waals surface area contributed by atoms with Crippen LogP contribution in [0.1, 0.15) is 16.8 Å². The van der Waals surface area contributed by atoms with Gasteiger partial charge in [-0.05, 0) is 13.0 Å². The predicted octanol–water partition coefficient (Wildman–Crippen LogP) is 2.05. The summed E-state index contributed by atoms with van der Waals surface area (Å²) in [6.07, 6.45) is 3.90. The van der Waals surface area contributed by atoms with E-state index in [2.05, 4.69) is 17.6 Å². The summed E-state index contributed by atoms with van der Waals surface area (Å²) in [4.78, 5) is 14.3. The van der Waals surface area contributed by atoms with Gasteiger partial charge in [0.15, 0.2) is 0 Å². The van der Waals surface area contributed by atoms with Crippen LogP contribution in [0.5, 0.6) is 5.75 Å². The van der Waals surface area contributed by atoms with Gasteiger partial charge in [0.1, 0.15) is 5.75 Å². The molecular weight excluding hydrogens is 250 g/mol. The lowest BCUT2D eigenvalue weighted by Gasteiger charge is -2.07. The fourth-order valence-electron chi connectivity index (χ4n) is 1.13. The molecule has 0 saturated carbocycles. The van der Waals surface area contributed by atoms with Gasteiger partial charge in [-0.15, -0.1) is 12.4 Å². The van der Waals surface area contributed by atoms with Gasteiger partial charge in [0.25, 0.3) is 0 Å². The molecule has 1 rings (SSSR count). The highest BCUT2D eigenvalue weighted by molar-refractivity contribution is 7.79. The zero-order chi connectivity index (χ0) is 11.4. The Hall–Kier alpha value is -1.20. The maximum atomic E-state index is 10.3.